The summed E-state index contributed by atoms with van der Waals surface area (Å²) in [4.78, 5) is 2.13. The van der Waals surface area contributed by atoms with E-state index in [0.717, 1.165) is 19.4 Å². The molecule has 2 nitrogen and oxygen atoms in total. The van der Waals surface area contributed by atoms with E-state index in [2.05, 4.69) is 4.90 Å². The molecule has 0 aliphatic heterocycles. The van der Waals surface area contributed by atoms with Crippen LogP contribution >= 0.6 is 0 Å². The predicted octanol–water partition coefficient (Wildman–Crippen LogP) is 0.801. The van der Waals surface area contributed by atoms with E-state index in [-0.39, 0.29) is 12.8 Å². The Labute approximate surface area is 67.0 Å². The van der Waals surface area contributed by atoms with E-state index in [1.807, 2.05) is 7.05 Å². The van der Waals surface area contributed by atoms with Crippen molar-refractivity contribution in [2.75, 3.05) is 20.3 Å². The van der Waals surface area contributed by atoms with Gasteiger partial charge in [0.1, 0.15) is 0 Å². The second-order valence-corrected chi connectivity index (χ2v) is 3.30. The summed E-state index contributed by atoms with van der Waals surface area (Å²) in [5.41, 5.74) is 0. The molecule has 1 fully saturated rings. The molecule has 0 bridgehead atoms. The second-order valence-electron chi connectivity index (χ2n) is 3.30. The molecule has 0 amide bonds. The van der Waals surface area contributed by atoms with Crippen LogP contribution in [0.4, 0.5) is 4.39 Å². The van der Waals surface area contributed by atoms with E-state index in [1.165, 1.54) is 0 Å². The maximum absolute atomic E-state index is 11.7. The molecule has 0 spiro atoms. The number of nitrogens with zero attached hydrogens (tertiary/aromatic N) is 1. The Hall–Kier alpha value is -0.150. The molecule has 0 aromatic rings. The van der Waals surface area contributed by atoms with Gasteiger partial charge in [0, 0.05) is 12.6 Å². The monoisotopic (exact) mass is 161 g/mol. The first-order valence-corrected chi connectivity index (χ1v) is 4.18. The standard InChI is InChI=1S/C8H16FNO/c1-10(4-2-3-9)7-5-8(11)6-7/h7-8,11H,2-6H2,1H3. The number of halogens is 1. The smallest absolute Gasteiger partial charge is 0.0906 e. The van der Waals surface area contributed by atoms with Gasteiger partial charge in [-0.05, 0) is 26.3 Å². The molecule has 3 heteroatoms. The SMILES string of the molecule is CN(CCCF)C1CC(O)C1. The van der Waals surface area contributed by atoms with Crippen molar-refractivity contribution < 1.29 is 9.50 Å². The molecular weight excluding hydrogens is 145 g/mol. The van der Waals surface area contributed by atoms with Crippen LogP contribution in [-0.4, -0.2) is 42.4 Å². The molecule has 0 radical (unpaired) electrons. The van der Waals surface area contributed by atoms with Crippen molar-refractivity contribution in [1.82, 2.24) is 4.90 Å². The highest BCUT2D eigenvalue weighted by molar-refractivity contribution is 4.85. The molecule has 0 atom stereocenters. The summed E-state index contributed by atoms with van der Waals surface area (Å²) in [5, 5.41) is 8.99. The number of aliphatic hydroxyl groups is 1. The second kappa shape index (κ2) is 4.02. The van der Waals surface area contributed by atoms with Gasteiger partial charge in [-0.15, -0.1) is 0 Å². The zero-order valence-corrected chi connectivity index (χ0v) is 6.96. The summed E-state index contributed by atoms with van der Waals surface area (Å²) in [5.74, 6) is 0. The zero-order chi connectivity index (χ0) is 8.27. The lowest BCUT2D eigenvalue weighted by molar-refractivity contribution is 0.0115. The van der Waals surface area contributed by atoms with E-state index < -0.39 is 0 Å². The fourth-order valence-corrected chi connectivity index (χ4v) is 1.41. The minimum atomic E-state index is -0.236. The summed E-state index contributed by atoms with van der Waals surface area (Å²) in [6.07, 6.45) is 2.24. The van der Waals surface area contributed by atoms with Gasteiger partial charge in [-0.2, -0.15) is 0 Å². The molecule has 1 aliphatic rings. The summed E-state index contributed by atoms with van der Waals surface area (Å²) >= 11 is 0. The van der Waals surface area contributed by atoms with Crippen molar-refractivity contribution in [3.63, 3.8) is 0 Å². The van der Waals surface area contributed by atoms with Crippen LogP contribution in [0.25, 0.3) is 0 Å². The largest absolute Gasteiger partial charge is 0.393 e. The third kappa shape index (κ3) is 2.42. The van der Waals surface area contributed by atoms with Gasteiger partial charge < -0.3 is 10.0 Å². The highest BCUT2D eigenvalue weighted by atomic mass is 19.1. The van der Waals surface area contributed by atoms with Crippen molar-refractivity contribution in [3.05, 3.63) is 0 Å². The van der Waals surface area contributed by atoms with E-state index in [1.54, 1.807) is 0 Å². The molecule has 11 heavy (non-hydrogen) atoms. The lowest BCUT2D eigenvalue weighted by Gasteiger charge is -2.38. The Kier molecular flexibility index (Phi) is 3.27. The Morgan fingerprint density at radius 1 is 1.55 bits per heavy atom. The van der Waals surface area contributed by atoms with Crippen LogP contribution in [0.1, 0.15) is 19.3 Å². The number of hydrogen-bond donors (Lipinski definition) is 1. The van der Waals surface area contributed by atoms with Gasteiger partial charge in [0.05, 0.1) is 12.8 Å². The third-order valence-electron chi connectivity index (χ3n) is 2.36. The van der Waals surface area contributed by atoms with Gasteiger partial charge in [0.2, 0.25) is 0 Å². The summed E-state index contributed by atoms with van der Waals surface area (Å²) in [6, 6.07) is 0.497. The maximum atomic E-state index is 11.7. The molecule has 1 aliphatic carbocycles. The van der Waals surface area contributed by atoms with Crippen molar-refractivity contribution in [3.8, 4) is 0 Å². The summed E-state index contributed by atoms with van der Waals surface area (Å²) in [7, 11) is 1.99. The van der Waals surface area contributed by atoms with Gasteiger partial charge in [0.25, 0.3) is 0 Å². The van der Waals surface area contributed by atoms with Crippen LogP contribution in [0.5, 0.6) is 0 Å². The van der Waals surface area contributed by atoms with Gasteiger partial charge in [0.15, 0.2) is 0 Å². The van der Waals surface area contributed by atoms with Crippen molar-refractivity contribution in [2.45, 2.75) is 31.4 Å². The first kappa shape index (κ1) is 8.94. The molecular formula is C8H16FNO. The Morgan fingerprint density at radius 3 is 2.64 bits per heavy atom. The summed E-state index contributed by atoms with van der Waals surface area (Å²) < 4.78 is 11.7. The van der Waals surface area contributed by atoms with Crippen LogP contribution in [0.2, 0.25) is 0 Å². The van der Waals surface area contributed by atoms with Crippen molar-refractivity contribution in [1.29, 1.82) is 0 Å². The zero-order valence-electron chi connectivity index (χ0n) is 6.96. The van der Waals surface area contributed by atoms with E-state index in [4.69, 9.17) is 5.11 Å². The number of hydrogen-bond acceptors (Lipinski definition) is 2. The van der Waals surface area contributed by atoms with E-state index in [0.29, 0.717) is 12.5 Å². The van der Waals surface area contributed by atoms with Crippen LogP contribution in [0, 0.1) is 0 Å². The normalized spacial score (nSPS) is 30.5. The molecule has 66 valence electrons. The average Bonchev–Trinajstić information content (AvgIpc) is 1.94. The number of aliphatic hydroxyl groups excluding tert-OH is 1. The Morgan fingerprint density at radius 2 is 2.18 bits per heavy atom. The fourth-order valence-electron chi connectivity index (χ4n) is 1.41. The van der Waals surface area contributed by atoms with Gasteiger partial charge >= 0.3 is 0 Å². The van der Waals surface area contributed by atoms with Gasteiger partial charge in [-0.25, -0.2) is 0 Å². The molecule has 1 rings (SSSR count). The molecule has 1 N–H and O–H groups in total. The lowest BCUT2D eigenvalue weighted by Crippen LogP contribution is -2.45. The highest BCUT2D eigenvalue weighted by Gasteiger charge is 2.29. The van der Waals surface area contributed by atoms with E-state index >= 15 is 0 Å². The average molecular weight is 161 g/mol. The van der Waals surface area contributed by atoms with Crippen LogP contribution in [-0.2, 0) is 0 Å². The topological polar surface area (TPSA) is 23.5 Å². The summed E-state index contributed by atoms with van der Waals surface area (Å²) in [6.45, 7) is 0.577. The molecule has 0 aromatic carbocycles. The molecule has 0 aromatic heterocycles. The Bertz CT molecular complexity index is 115. The fraction of sp³-hybridized carbons (Fsp3) is 1.00. The number of alkyl halides is 1. The minimum Gasteiger partial charge on any atom is -0.393 e. The molecule has 0 saturated heterocycles. The molecule has 0 heterocycles. The van der Waals surface area contributed by atoms with Crippen LogP contribution < -0.4 is 0 Å². The first-order chi connectivity index (χ1) is 5.24. The molecule has 0 unspecified atom stereocenters. The Balaban J connectivity index is 2.06. The number of rotatable bonds is 4. The van der Waals surface area contributed by atoms with Crippen LogP contribution in [0.3, 0.4) is 0 Å². The first-order valence-electron chi connectivity index (χ1n) is 4.18. The maximum Gasteiger partial charge on any atom is 0.0906 e. The molecule has 1 saturated carbocycles. The highest BCUT2D eigenvalue weighted by Crippen LogP contribution is 2.24. The van der Waals surface area contributed by atoms with Crippen molar-refractivity contribution in [2.24, 2.45) is 0 Å². The predicted molar refractivity (Wildman–Crippen MR) is 42.3 cm³/mol. The quantitative estimate of drug-likeness (QED) is 0.659. The lowest BCUT2D eigenvalue weighted by atomic mass is 9.88. The minimum absolute atomic E-state index is 0.104. The van der Waals surface area contributed by atoms with Crippen LogP contribution in [0.15, 0.2) is 0 Å². The third-order valence-corrected chi connectivity index (χ3v) is 2.36. The van der Waals surface area contributed by atoms with Crippen molar-refractivity contribution >= 4 is 0 Å². The van der Waals surface area contributed by atoms with E-state index in [9.17, 15) is 4.39 Å². The van der Waals surface area contributed by atoms with Gasteiger partial charge in [-0.1, -0.05) is 0 Å². The van der Waals surface area contributed by atoms with Gasteiger partial charge in [-0.3, -0.25) is 4.39 Å².